The van der Waals surface area contributed by atoms with E-state index in [9.17, 15) is 4.79 Å². The molecule has 1 aromatic carbocycles. The minimum absolute atomic E-state index is 0.0181. The quantitative estimate of drug-likeness (QED) is 0.853. The first kappa shape index (κ1) is 12.7. The van der Waals surface area contributed by atoms with Crippen LogP contribution in [-0.4, -0.2) is 18.6 Å². The van der Waals surface area contributed by atoms with E-state index in [1.54, 1.807) is 0 Å². The van der Waals surface area contributed by atoms with E-state index < -0.39 is 0 Å². The molecule has 0 bridgehead atoms. The van der Waals surface area contributed by atoms with Crippen LogP contribution in [-0.2, 0) is 4.79 Å². The molecule has 0 saturated heterocycles. The summed E-state index contributed by atoms with van der Waals surface area (Å²) in [6.45, 7) is 0.108. The van der Waals surface area contributed by atoms with Crippen molar-refractivity contribution in [1.82, 2.24) is 5.32 Å². The SMILES string of the molecule is O=C(COc1ccc(I)cc1)NC1CCCC1. The van der Waals surface area contributed by atoms with E-state index in [4.69, 9.17) is 4.74 Å². The molecule has 17 heavy (non-hydrogen) atoms. The van der Waals surface area contributed by atoms with Crippen LogP contribution in [0.4, 0.5) is 0 Å². The third kappa shape index (κ3) is 4.18. The first-order valence-corrected chi connectivity index (χ1v) is 6.99. The van der Waals surface area contributed by atoms with Crippen molar-refractivity contribution < 1.29 is 9.53 Å². The fourth-order valence-electron chi connectivity index (χ4n) is 2.02. The number of amides is 1. The lowest BCUT2D eigenvalue weighted by Crippen LogP contribution is -2.36. The summed E-state index contributed by atoms with van der Waals surface area (Å²) in [6.07, 6.45) is 4.66. The third-order valence-corrected chi connectivity index (χ3v) is 3.62. The normalized spacial score (nSPS) is 15.8. The summed E-state index contributed by atoms with van der Waals surface area (Å²) >= 11 is 2.24. The second kappa shape index (κ2) is 6.23. The van der Waals surface area contributed by atoms with E-state index in [-0.39, 0.29) is 12.5 Å². The lowest BCUT2D eigenvalue weighted by molar-refractivity contribution is -0.123. The second-order valence-corrected chi connectivity index (χ2v) is 5.54. The molecule has 1 aromatic rings. The van der Waals surface area contributed by atoms with Crippen LogP contribution in [0.1, 0.15) is 25.7 Å². The van der Waals surface area contributed by atoms with Gasteiger partial charge in [-0.15, -0.1) is 0 Å². The van der Waals surface area contributed by atoms with Gasteiger partial charge in [0.25, 0.3) is 5.91 Å². The van der Waals surface area contributed by atoms with Gasteiger partial charge in [-0.2, -0.15) is 0 Å². The highest BCUT2D eigenvalue weighted by Crippen LogP contribution is 2.17. The van der Waals surface area contributed by atoms with Crippen LogP contribution < -0.4 is 10.1 Å². The Balaban J connectivity index is 1.73. The molecule has 0 radical (unpaired) electrons. The van der Waals surface area contributed by atoms with Crippen molar-refractivity contribution in [2.75, 3.05) is 6.61 Å². The van der Waals surface area contributed by atoms with Gasteiger partial charge in [0.1, 0.15) is 5.75 Å². The largest absolute Gasteiger partial charge is 0.484 e. The molecule has 1 aliphatic carbocycles. The minimum atomic E-state index is -0.0181. The van der Waals surface area contributed by atoms with Crippen LogP contribution in [0.25, 0.3) is 0 Å². The molecule has 0 aromatic heterocycles. The van der Waals surface area contributed by atoms with Gasteiger partial charge in [-0.1, -0.05) is 12.8 Å². The van der Waals surface area contributed by atoms with Crippen LogP contribution in [0.2, 0.25) is 0 Å². The molecule has 1 fully saturated rings. The summed E-state index contributed by atoms with van der Waals surface area (Å²) in [4.78, 5) is 11.6. The number of halogens is 1. The zero-order valence-electron chi connectivity index (χ0n) is 9.62. The molecule has 0 spiro atoms. The van der Waals surface area contributed by atoms with Crippen molar-refractivity contribution in [3.8, 4) is 5.75 Å². The Bertz CT molecular complexity index is 372. The average molecular weight is 345 g/mol. The molecule has 0 unspecified atom stereocenters. The molecule has 4 heteroatoms. The Morgan fingerprint density at radius 3 is 2.59 bits per heavy atom. The Morgan fingerprint density at radius 2 is 1.94 bits per heavy atom. The number of rotatable bonds is 4. The van der Waals surface area contributed by atoms with E-state index in [1.807, 2.05) is 24.3 Å². The first-order valence-electron chi connectivity index (χ1n) is 5.92. The summed E-state index contributed by atoms with van der Waals surface area (Å²) in [6, 6.07) is 8.05. The van der Waals surface area contributed by atoms with E-state index in [0.29, 0.717) is 6.04 Å². The van der Waals surface area contributed by atoms with E-state index in [0.717, 1.165) is 22.2 Å². The molecule has 2 rings (SSSR count). The van der Waals surface area contributed by atoms with Gasteiger partial charge in [0, 0.05) is 9.61 Å². The van der Waals surface area contributed by atoms with Crippen molar-refractivity contribution in [2.45, 2.75) is 31.7 Å². The molecule has 1 N–H and O–H groups in total. The summed E-state index contributed by atoms with van der Waals surface area (Å²) in [5.41, 5.74) is 0. The predicted molar refractivity (Wildman–Crippen MR) is 75.1 cm³/mol. The number of benzene rings is 1. The lowest BCUT2D eigenvalue weighted by Gasteiger charge is -2.12. The van der Waals surface area contributed by atoms with Crippen molar-refractivity contribution >= 4 is 28.5 Å². The topological polar surface area (TPSA) is 38.3 Å². The Hall–Kier alpha value is -0.780. The molecule has 1 amide bonds. The van der Waals surface area contributed by atoms with Crippen molar-refractivity contribution in [1.29, 1.82) is 0 Å². The molecule has 92 valence electrons. The van der Waals surface area contributed by atoms with Gasteiger partial charge in [0.15, 0.2) is 6.61 Å². The summed E-state index contributed by atoms with van der Waals surface area (Å²) < 4.78 is 6.58. The number of nitrogens with one attached hydrogen (secondary N) is 1. The summed E-state index contributed by atoms with van der Waals surface area (Å²) in [5, 5.41) is 3.00. The van der Waals surface area contributed by atoms with Crippen LogP contribution in [0.15, 0.2) is 24.3 Å². The second-order valence-electron chi connectivity index (χ2n) is 4.29. The number of hydrogen-bond donors (Lipinski definition) is 1. The highest BCUT2D eigenvalue weighted by molar-refractivity contribution is 14.1. The fourth-order valence-corrected chi connectivity index (χ4v) is 2.38. The molecule has 1 aliphatic rings. The maximum atomic E-state index is 11.6. The average Bonchev–Trinajstić information content (AvgIpc) is 2.81. The molecule has 0 heterocycles. The maximum Gasteiger partial charge on any atom is 0.258 e. The zero-order valence-corrected chi connectivity index (χ0v) is 11.8. The van der Waals surface area contributed by atoms with Crippen molar-refractivity contribution in [3.05, 3.63) is 27.8 Å². The molecular formula is C13H16INO2. The maximum absolute atomic E-state index is 11.6. The number of carbonyl (C=O) groups is 1. The summed E-state index contributed by atoms with van der Waals surface area (Å²) in [7, 11) is 0. The summed E-state index contributed by atoms with van der Waals surface area (Å²) in [5.74, 6) is 0.724. The van der Waals surface area contributed by atoms with E-state index >= 15 is 0 Å². The van der Waals surface area contributed by atoms with E-state index in [2.05, 4.69) is 27.9 Å². The van der Waals surface area contributed by atoms with Gasteiger partial charge >= 0.3 is 0 Å². The van der Waals surface area contributed by atoms with Crippen molar-refractivity contribution in [3.63, 3.8) is 0 Å². The van der Waals surface area contributed by atoms with Gasteiger partial charge in [0.05, 0.1) is 0 Å². The van der Waals surface area contributed by atoms with Crippen LogP contribution in [0.5, 0.6) is 5.75 Å². The minimum Gasteiger partial charge on any atom is -0.484 e. The number of ether oxygens (including phenoxy) is 1. The predicted octanol–water partition coefficient (Wildman–Crippen LogP) is 2.73. The van der Waals surface area contributed by atoms with Gasteiger partial charge in [-0.3, -0.25) is 4.79 Å². The highest BCUT2D eigenvalue weighted by Gasteiger charge is 2.16. The van der Waals surface area contributed by atoms with Crippen LogP contribution >= 0.6 is 22.6 Å². The van der Waals surface area contributed by atoms with Gasteiger partial charge in [0.2, 0.25) is 0 Å². The lowest BCUT2D eigenvalue weighted by atomic mass is 10.2. The van der Waals surface area contributed by atoms with Gasteiger partial charge in [-0.25, -0.2) is 0 Å². The Labute approximate surface area is 115 Å². The third-order valence-electron chi connectivity index (χ3n) is 2.90. The molecule has 1 saturated carbocycles. The molecule has 3 nitrogen and oxygen atoms in total. The zero-order chi connectivity index (χ0) is 12.1. The Morgan fingerprint density at radius 1 is 1.29 bits per heavy atom. The highest BCUT2D eigenvalue weighted by atomic mass is 127. The number of carbonyl (C=O) groups excluding carboxylic acids is 1. The molecule has 0 aliphatic heterocycles. The van der Waals surface area contributed by atoms with Gasteiger partial charge in [-0.05, 0) is 59.7 Å². The Kier molecular flexibility index (Phi) is 4.65. The van der Waals surface area contributed by atoms with Crippen LogP contribution in [0.3, 0.4) is 0 Å². The molecule has 0 atom stereocenters. The first-order chi connectivity index (χ1) is 8.24. The standard InChI is InChI=1S/C13H16INO2/c14-10-5-7-12(8-6-10)17-9-13(16)15-11-3-1-2-4-11/h5-8,11H,1-4,9H2,(H,15,16). The van der Waals surface area contributed by atoms with E-state index in [1.165, 1.54) is 12.8 Å². The van der Waals surface area contributed by atoms with Gasteiger partial charge < -0.3 is 10.1 Å². The van der Waals surface area contributed by atoms with Crippen LogP contribution in [0, 0.1) is 3.57 Å². The number of hydrogen-bond acceptors (Lipinski definition) is 2. The molecular weight excluding hydrogens is 329 g/mol. The van der Waals surface area contributed by atoms with Crippen molar-refractivity contribution in [2.24, 2.45) is 0 Å². The fraction of sp³-hybridized carbons (Fsp3) is 0.462. The monoisotopic (exact) mass is 345 g/mol. The smallest absolute Gasteiger partial charge is 0.258 e.